The number of benzene rings is 1. The molecule has 16 heavy (non-hydrogen) atoms. The van der Waals surface area contributed by atoms with Gasteiger partial charge in [-0.2, -0.15) is 0 Å². The van der Waals surface area contributed by atoms with Gasteiger partial charge in [0.2, 0.25) is 0 Å². The van der Waals surface area contributed by atoms with Crippen LogP contribution in [0.2, 0.25) is 10.0 Å². The standard InChI is InChI=1S/C13H16Cl2O/c1-12(5-6-12)13(2,16)8-9-3-4-10(14)7-11(9)15/h3-4,7,16H,5-6,8H2,1-2H3. The summed E-state index contributed by atoms with van der Waals surface area (Å²) in [6.07, 6.45) is 2.76. The third-order valence-electron chi connectivity index (χ3n) is 3.85. The maximum Gasteiger partial charge on any atom is 0.0713 e. The van der Waals surface area contributed by atoms with Gasteiger partial charge in [0.15, 0.2) is 0 Å². The Morgan fingerprint density at radius 1 is 1.38 bits per heavy atom. The first-order chi connectivity index (χ1) is 7.34. The summed E-state index contributed by atoms with van der Waals surface area (Å²) in [5, 5.41) is 11.7. The summed E-state index contributed by atoms with van der Waals surface area (Å²) in [6.45, 7) is 4.02. The van der Waals surface area contributed by atoms with Crippen LogP contribution in [0.1, 0.15) is 32.3 Å². The SMILES string of the molecule is CC(O)(Cc1ccc(Cl)cc1Cl)C1(C)CC1. The minimum absolute atomic E-state index is 0.0516. The number of rotatable bonds is 3. The third-order valence-corrected chi connectivity index (χ3v) is 4.44. The largest absolute Gasteiger partial charge is 0.389 e. The van der Waals surface area contributed by atoms with Gasteiger partial charge < -0.3 is 5.11 Å². The molecule has 0 saturated heterocycles. The van der Waals surface area contributed by atoms with E-state index in [9.17, 15) is 5.11 Å². The molecule has 1 atom stereocenters. The molecule has 1 nitrogen and oxygen atoms in total. The van der Waals surface area contributed by atoms with Gasteiger partial charge in [-0.15, -0.1) is 0 Å². The first-order valence-electron chi connectivity index (χ1n) is 5.50. The zero-order valence-electron chi connectivity index (χ0n) is 9.56. The van der Waals surface area contributed by atoms with E-state index >= 15 is 0 Å². The molecule has 1 fully saturated rings. The van der Waals surface area contributed by atoms with Crippen LogP contribution in [0, 0.1) is 5.41 Å². The molecule has 0 heterocycles. The summed E-state index contributed by atoms with van der Waals surface area (Å²) in [5.41, 5.74) is 0.324. The van der Waals surface area contributed by atoms with Crippen LogP contribution in [0.4, 0.5) is 0 Å². The molecule has 0 radical (unpaired) electrons. The average Bonchev–Trinajstić information content (AvgIpc) is 2.90. The van der Waals surface area contributed by atoms with Crippen LogP contribution in [-0.2, 0) is 6.42 Å². The zero-order valence-corrected chi connectivity index (χ0v) is 11.1. The molecule has 0 aliphatic heterocycles. The molecule has 1 N–H and O–H groups in total. The Labute approximate surface area is 106 Å². The van der Waals surface area contributed by atoms with Crippen LogP contribution in [0.15, 0.2) is 18.2 Å². The van der Waals surface area contributed by atoms with Gasteiger partial charge >= 0.3 is 0 Å². The van der Waals surface area contributed by atoms with E-state index in [0.717, 1.165) is 18.4 Å². The normalized spacial score (nSPS) is 21.6. The zero-order chi connectivity index (χ0) is 12.0. The van der Waals surface area contributed by atoms with Crippen LogP contribution in [0.5, 0.6) is 0 Å². The summed E-state index contributed by atoms with van der Waals surface area (Å²) >= 11 is 12.0. The van der Waals surface area contributed by atoms with Gasteiger partial charge in [0.05, 0.1) is 5.60 Å². The lowest BCUT2D eigenvalue weighted by atomic mass is 9.82. The molecule has 1 unspecified atom stereocenters. The first kappa shape index (κ1) is 12.2. The van der Waals surface area contributed by atoms with Crippen molar-refractivity contribution in [1.29, 1.82) is 0 Å². The quantitative estimate of drug-likeness (QED) is 0.866. The molecule has 0 aromatic heterocycles. The van der Waals surface area contributed by atoms with Gasteiger partial charge in [-0.25, -0.2) is 0 Å². The highest BCUT2D eigenvalue weighted by Gasteiger charge is 2.52. The molecule has 0 bridgehead atoms. The van der Waals surface area contributed by atoms with Gasteiger partial charge in [-0.05, 0) is 42.9 Å². The van der Waals surface area contributed by atoms with Crippen molar-refractivity contribution in [2.24, 2.45) is 5.41 Å². The molecule has 88 valence electrons. The van der Waals surface area contributed by atoms with Crippen LogP contribution in [-0.4, -0.2) is 10.7 Å². The number of hydrogen-bond donors (Lipinski definition) is 1. The predicted octanol–water partition coefficient (Wildman–Crippen LogP) is 4.09. The maximum absolute atomic E-state index is 10.5. The fourth-order valence-corrected chi connectivity index (χ4v) is 2.45. The second-order valence-corrected chi connectivity index (χ2v) is 6.09. The Balaban J connectivity index is 2.20. The molecule has 3 heteroatoms. The molecule has 0 amide bonds. The predicted molar refractivity (Wildman–Crippen MR) is 68.1 cm³/mol. The number of aliphatic hydroxyl groups is 1. The van der Waals surface area contributed by atoms with Crippen LogP contribution in [0.3, 0.4) is 0 Å². The van der Waals surface area contributed by atoms with Crippen LogP contribution in [0.25, 0.3) is 0 Å². The second kappa shape index (κ2) is 3.90. The van der Waals surface area contributed by atoms with Gasteiger partial charge in [0, 0.05) is 16.5 Å². The molecule has 1 aromatic rings. The van der Waals surface area contributed by atoms with Crippen molar-refractivity contribution in [2.45, 2.75) is 38.7 Å². The van der Waals surface area contributed by atoms with Crippen molar-refractivity contribution in [1.82, 2.24) is 0 Å². The highest BCUT2D eigenvalue weighted by atomic mass is 35.5. The lowest BCUT2D eigenvalue weighted by molar-refractivity contribution is -0.00700. The fourth-order valence-electron chi connectivity index (χ4n) is 1.98. The van der Waals surface area contributed by atoms with Crippen molar-refractivity contribution >= 4 is 23.2 Å². The Morgan fingerprint density at radius 2 is 2.00 bits per heavy atom. The molecule has 0 spiro atoms. The average molecular weight is 259 g/mol. The van der Waals surface area contributed by atoms with Crippen molar-refractivity contribution < 1.29 is 5.11 Å². The highest BCUT2D eigenvalue weighted by molar-refractivity contribution is 6.35. The smallest absolute Gasteiger partial charge is 0.0713 e. The number of hydrogen-bond acceptors (Lipinski definition) is 1. The van der Waals surface area contributed by atoms with Gasteiger partial charge in [-0.3, -0.25) is 0 Å². The molecule has 1 saturated carbocycles. The summed E-state index contributed by atoms with van der Waals surface area (Å²) in [4.78, 5) is 0. The van der Waals surface area contributed by atoms with Crippen molar-refractivity contribution in [3.05, 3.63) is 33.8 Å². The van der Waals surface area contributed by atoms with Crippen LogP contribution < -0.4 is 0 Å². The maximum atomic E-state index is 10.5. The fraction of sp³-hybridized carbons (Fsp3) is 0.538. The third kappa shape index (κ3) is 2.22. The van der Waals surface area contributed by atoms with E-state index in [4.69, 9.17) is 23.2 Å². The topological polar surface area (TPSA) is 20.2 Å². The van der Waals surface area contributed by atoms with Crippen LogP contribution >= 0.6 is 23.2 Å². The Bertz CT molecular complexity index is 408. The second-order valence-electron chi connectivity index (χ2n) is 5.25. The molecule has 2 rings (SSSR count). The highest BCUT2D eigenvalue weighted by Crippen LogP contribution is 2.54. The summed E-state index contributed by atoms with van der Waals surface area (Å²) < 4.78 is 0. The van der Waals surface area contributed by atoms with E-state index in [1.165, 1.54) is 0 Å². The van der Waals surface area contributed by atoms with Crippen molar-refractivity contribution in [3.63, 3.8) is 0 Å². The molecule has 1 aliphatic rings. The summed E-state index contributed by atoms with van der Waals surface area (Å²) in [6, 6.07) is 5.43. The lowest BCUT2D eigenvalue weighted by Crippen LogP contribution is -2.36. The molecule has 1 aromatic carbocycles. The van der Waals surface area contributed by atoms with E-state index < -0.39 is 5.60 Å². The lowest BCUT2D eigenvalue weighted by Gasteiger charge is -2.31. The van der Waals surface area contributed by atoms with Crippen molar-refractivity contribution in [2.75, 3.05) is 0 Å². The van der Waals surface area contributed by atoms with E-state index in [0.29, 0.717) is 16.5 Å². The van der Waals surface area contributed by atoms with E-state index in [1.54, 1.807) is 6.07 Å². The van der Waals surface area contributed by atoms with Crippen molar-refractivity contribution in [3.8, 4) is 0 Å². The summed E-state index contributed by atoms with van der Waals surface area (Å²) in [7, 11) is 0. The molecular weight excluding hydrogens is 243 g/mol. The summed E-state index contributed by atoms with van der Waals surface area (Å²) in [5.74, 6) is 0. The Morgan fingerprint density at radius 3 is 2.50 bits per heavy atom. The monoisotopic (exact) mass is 258 g/mol. The van der Waals surface area contributed by atoms with E-state index in [-0.39, 0.29) is 5.41 Å². The Hall–Kier alpha value is -0.240. The van der Waals surface area contributed by atoms with E-state index in [2.05, 4.69) is 6.92 Å². The van der Waals surface area contributed by atoms with Gasteiger partial charge in [0.1, 0.15) is 0 Å². The number of halogens is 2. The Kier molecular flexibility index (Phi) is 2.98. The molecular formula is C13H16Cl2O. The molecule has 1 aliphatic carbocycles. The van der Waals surface area contributed by atoms with E-state index in [1.807, 2.05) is 19.1 Å². The minimum atomic E-state index is -0.690. The minimum Gasteiger partial charge on any atom is -0.389 e. The van der Waals surface area contributed by atoms with Gasteiger partial charge in [0.25, 0.3) is 0 Å². The first-order valence-corrected chi connectivity index (χ1v) is 6.26. The van der Waals surface area contributed by atoms with Gasteiger partial charge in [-0.1, -0.05) is 36.2 Å².